The highest BCUT2D eigenvalue weighted by atomic mass is 16.5. The average Bonchev–Trinajstić information content (AvgIpc) is 2.80. The minimum atomic E-state index is -0.128. The van der Waals surface area contributed by atoms with Gasteiger partial charge in [-0.05, 0) is 20.0 Å². The molecule has 0 bridgehead atoms. The number of carbonyl (C=O) groups is 1. The highest BCUT2D eigenvalue weighted by Gasteiger charge is 2.15. The zero-order valence-corrected chi connectivity index (χ0v) is 11.6. The highest BCUT2D eigenvalue weighted by molar-refractivity contribution is 5.37. The fourth-order valence-electron chi connectivity index (χ4n) is 2.28. The van der Waals surface area contributed by atoms with Crippen molar-refractivity contribution in [3.8, 4) is 0 Å². The first-order chi connectivity index (χ1) is 9.17. The van der Waals surface area contributed by atoms with Crippen LogP contribution in [-0.4, -0.2) is 65.8 Å². The standard InChI is InChI=1S/C13H22N4O2/c1-11(19-10-18)7-12-8-13(15-14-12)9-17-5-3-16(2)4-6-17/h8,10-11H,3-7,9H2,1-2H3,(H,14,15). The van der Waals surface area contributed by atoms with E-state index in [-0.39, 0.29) is 6.10 Å². The van der Waals surface area contributed by atoms with Crippen molar-refractivity contribution < 1.29 is 9.53 Å². The third-order valence-corrected chi connectivity index (χ3v) is 3.46. The summed E-state index contributed by atoms with van der Waals surface area (Å²) in [5.74, 6) is 0. The number of carbonyl (C=O) groups excluding carboxylic acids is 1. The van der Waals surface area contributed by atoms with E-state index < -0.39 is 0 Å². The van der Waals surface area contributed by atoms with Gasteiger partial charge in [-0.1, -0.05) is 0 Å². The van der Waals surface area contributed by atoms with E-state index in [0.29, 0.717) is 12.9 Å². The number of piperazine rings is 1. The number of nitrogens with one attached hydrogen (secondary N) is 1. The molecule has 1 aromatic rings. The van der Waals surface area contributed by atoms with Crippen molar-refractivity contribution in [2.24, 2.45) is 0 Å². The Morgan fingerprint density at radius 2 is 2.21 bits per heavy atom. The van der Waals surface area contributed by atoms with Gasteiger partial charge < -0.3 is 9.64 Å². The van der Waals surface area contributed by atoms with Gasteiger partial charge in [-0.3, -0.25) is 14.8 Å². The molecule has 106 valence electrons. The van der Waals surface area contributed by atoms with E-state index in [0.717, 1.165) is 44.1 Å². The molecule has 6 nitrogen and oxygen atoms in total. The molecule has 0 saturated carbocycles. The second kappa shape index (κ2) is 6.68. The van der Waals surface area contributed by atoms with Crippen LogP contribution in [0.3, 0.4) is 0 Å². The summed E-state index contributed by atoms with van der Waals surface area (Å²) in [6, 6.07) is 2.06. The maximum atomic E-state index is 10.2. The Hall–Kier alpha value is -1.40. The predicted molar refractivity (Wildman–Crippen MR) is 71.7 cm³/mol. The van der Waals surface area contributed by atoms with Crippen molar-refractivity contribution >= 4 is 6.47 Å². The Bertz CT molecular complexity index is 399. The topological polar surface area (TPSA) is 61.5 Å². The van der Waals surface area contributed by atoms with Gasteiger partial charge in [0.2, 0.25) is 0 Å². The Balaban J connectivity index is 1.82. The highest BCUT2D eigenvalue weighted by Crippen LogP contribution is 2.09. The lowest BCUT2D eigenvalue weighted by Gasteiger charge is -2.31. The van der Waals surface area contributed by atoms with E-state index >= 15 is 0 Å². The van der Waals surface area contributed by atoms with Crippen LogP contribution in [0.15, 0.2) is 6.07 Å². The molecule has 0 spiro atoms. The van der Waals surface area contributed by atoms with Crippen LogP contribution in [-0.2, 0) is 22.5 Å². The van der Waals surface area contributed by atoms with E-state index in [4.69, 9.17) is 4.74 Å². The van der Waals surface area contributed by atoms with Crippen molar-refractivity contribution in [1.29, 1.82) is 0 Å². The third-order valence-electron chi connectivity index (χ3n) is 3.46. The molecule has 1 unspecified atom stereocenters. The summed E-state index contributed by atoms with van der Waals surface area (Å²) in [6.07, 6.45) is 0.523. The maximum Gasteiger partial charge on any atom is 0.293 e. The lowest BCUT2D eigenvalue weighted by atomic mass is 10.2. The largest absolute Gasteiger partial charge is 0.464 e. The van der Waals surface area contributed by atoms with Crippen molar-refractivity contribution in [2.45, 2.75) is 26.0 Å². The predicted octanol–water partition coefficient (Wildman–Crippen LogP) is 0.261. The first kappa shape index (κ1) is 14.0. The minimum Gasteiger partial charge on any atom is -0.464 e. The molecule has 0 aliphatic carbocycles. The number of hydrogen-bond acceptors (Lipinski definition) is 5. The van der Waals surface area contributed by atoms with Crippen molar-refractivity contribution in [3.63, 3.8) is 0 Å². The van der Waals surface area contributed by atoms with Crippen LogP contribution in [0.5, 0.6) is 0 Å². The van der Waals surface area contributed by atoms with Crippen LogP contribution in [0.2, 0.25) is 0 Å². The number of rotatable bonds is 6. The van der Waals surface area contributed by atoms with E-state index in [2.05, 4.69) is 33.1 Å². The van der Waals surface area contributed by atoms with Gasteiger partial charge in [0, 0.05) is 44.8 Å². The average molecular weight is 266 g/mol. The van der Waals surface area contributed by atoms with Crippen molar-refractivity contribution in [2.75, 3.05) is 33.2 Å². The Labute approximate surface area is 113 Å². The van der Waals surface area contributed by atoms with E-state index in [9.17, 15) is 4.79 Å². The Morgan fingerprint density at radius 3 is 2.89 bits per heavy atom. The van der Waals surface area contributed by atoms with Crippen molar-refractivity contribution in [3.05, 3.63) is 17.5 Å². The molecule has 0 aromatic carbocycles. The number of aromatic amines is 1. The summed E-state index contributed by atoms with van der Waals surface area (Å²) in [5.41, 5.74) is 2.07. The van der Waals surface area contributed by atoms with Gasteiger partial charge in [-0.2, -0.15) is 5.10 Å². The van der Waals surface area contributed by atoms with E-state index in [1.165, 1.54) is 0 Å². The molecule has 1 N–H and O–H groups in total. The molecular formula is C13H22N4O2. The number of hydrogen-bond donors (Lipinski definition) is 1. The molecule has 0 amide bonds. The van der Waals surface area contributed by atoms with E-state index in [1.54, 1.807) is 0 Å². The van der Waals surface area contributed by atoms with Gasteiger partial charge in [0.05, 0.1) is 5.69 Å². The monoisotopic (exact) mass is 266 g/mol. The van der Waals surface area contributed by atoms with Gasteiger partial charge in [0.25, 0.3) is 6.47 Å². The maximum absolute atomic E-state index is 10.2. The van der Waals surface area contributed by atoms with E-state index in [1.807, 2.05) is 6.92 Å². The fourth-order valence-corrected chi connectivity index (χ4v) is 2.28. The van der Waals surface area contributed by atoms with Crippen LogP contribution in [0.25, 0.3) is 0 Å². The quantitative estimate of drug-likeness (QED) is 0.748. The smallest absolute Gasteiger partial charge is 0.293 e. The van der Waals surface area contributed by atoms with Crippen LogP contribution in [0.1, 0.15) is 18.3 Å². The summed E-state index contributed by atoms with van der Waals surface area (Å²) < 4.78 is 4.87. The van der Waals surface area contributed by atoms with Crippen LogP contribution in [0, 0.1) is 0 Å². The second-order valence-corrected chi connectivity index (χ2v) is 5.21. The zero-order valence-electron chi connectivity index (χ0n) is 11.6. The molecule has 1 atom stereocenters. The van der Waals surface area contributed by atoms with Crippen molar-refractivity contribution in [1.82, 2.24) is 20.0 Å². The third kappa shape index (κ3) is 4.33. The molecule has 0 radical (unpaired) electrons. The number of aromatic nitrogens is 2. The summed E-state index contributed by atoms with van der Waals surface area (Å²) >= 11 is 0. The molecule has 1 fully saturated rings. The minimum absolute atomic E-state index is 0.128. The number of likely N-dealkylation sites (N-methyl/N-ethyl adjacent to an activating group) is 1. The summed E-state index contributed by atoms with van der Waals surface area (Å²) in [5, 5.41) is 7.32. The van der Waals surface area contributed by atoms with Crippen LogP contribution in [0.4, 0.5) is 0 Å². The molecule has 1 aliphatic heterocycles. The normalized spacial score (nSPS) is 19.3. The molecule has 6 heteroatoms. The lowest BCUT2D eigenvalue weighted by molar-refractivity contribution is -0.132. The first-order valence-corrected chi connectivity index (χ1v) is 6.70. The Morgan fingerprint density at radius 1 is 1.47 bits per heavy atom. The molecule has 1 saturated heterocycles. The lowest BCUT2D eigenvalue weighted by Crippen LogP contribution is -2.43. The summed E-state index contributed by atoms with van der Waals surface area (Å²) in [6.45, 7) is 7.68. The molecule has 2 rings (SSSR count). The summed E-state index contributed by atoms with van der Waals surface area (Å²) in [7, 11) is 2.15. The van der Waals surface area contributed by atoms with Crippen LogP contribution < -0.4 is 0 Å². The van der Waals surface area contributed by atoms with Gasteiger partial charge in [0.1, 0.15) is 6.10 Å². The fraction of sp³-hybridized carbons (Fsp3) is 0.692. The zero-order chi connectivity index (χ0) is 13.7. The van der Waals surface area contributed by atoms with Crippen LogP contribution >= 0.6 is 0 Å². The van der Waals surface area contributed by atoms with Gasteiger partial charge in [0.15, 0.2) is 0 Å². The summed E-state index contributed by atoms with van der Waals surface area (Å²) in [4.78, 5) is 15.0. The van der Waals surface area contributed by atoms with Gasteiger partial charge in [-0.25, -0.2) is 0 Å². The first-order valence-electron chi connectivity index (χ1n) is 6.70. The number of H-pyrrole nitrogens is 1. The molecule has 1 aromatic heterocycles. The SMILES string of the molecule is CC(Cc1cc(CN2CCN(C)CC2)[nH]n1)OC=O. The number of ether oxygens (including phenoxy) is 1. The van der Waals surface area contributed by atoms with Gasteiger partial charge >= 0.3 is 0 Å². The van der Waals surface area contributed by atoms with Gasteiger partial charge in [-0.15, -0.1) is 0 Å². The second-order valence-electron chi connectivity index (χ2n) is 5.21. The molecular weight excluding hydrogens is 244 g/mol. The molecule has 19 heavy (non-hydrogen) atoms. The molecule has 1 aliphatic rings. The molecule has 2 heterocycles. The Kier molecular flexibility index (Phi) is 4.93. The number of nitrogens with zero attached hydrogens (tertiary/aromatic N) is 3.